The third-order valence-corrected chi connectivity index (χ3v) is 14.8. The van der Waals surface area contributed by atoms with E-state index in [1.54, 1.807) is 0 Å². The van der Waals surface area contributed by atoms with E-state index in [1.807, 2.05) is 0 Å². The van der Waals surface area contributed by atoms with Crippen LogP contribution in [0.25, 0.3) is 0 Å². The van der Waals surface area contributed by atoms with Gasteiger partial charge in [0.2, 0.25) is 0 Å². The topological polar surface area (TPSA) is 78.9 Å². The molecule has 0 heterocycles. The Labute approximate surface area is 501 Å². The summed E-state index contributed by atoms with van der Waals surface area (Å²) in [4.78, 5) is 38.3. The van der Waals surface area contributed by atoms with Gasteiger partial charge in [0.05, 0.1) is 0 Å². The van der Waals surface area contributed by atoms with Crippen LogP contribution in [-0.4, -0.2) is 37.2 Å². The Kier molecular flexibility index (Phi) is 65.2. The quantitative estimate of drug-likeness (QED) is 0.0261. The first-order valence-corrected chi connectivity index (χ1v) is 34.4. The normalized spacial score (nSPS) is 12.8. The highest BCUT2D eigenvalue weighted by Gasteiger charge is 2.19. The average Bonchev–Trinajstić information content (AvgIpc) is 3.47. The van der Waals surface area contributed by atoms with Gasteiger partial charge in [-0.3, -0.25) is 14.4 Å². The summed E-state index contributed by atoms with van der Waals surface area (Å²) in [6, 6.07) is 0. The van der Waals surface area contributed by atoms with Crippen LogP contribution in [0.15, 0.2) is 109 Å². The molecule has 0 N–H and O–H groups in total. The van der Waals surface area contributed by atoms with Gasteiger partial charge < -0.3 is 14.2 Å². The molecular formula is C75H128O6. The van der Waals surface area contributed by atoms with Gasteiger partial charge in [-0.15, -0.1) is 0 Å². The minimum Gasteiger partial charge on any atom is -0.462 e. The zero-order valence-corrected chi connectivity index (χ0v) is 53.3. The van der Waals surface area contributed by atoms with E-state index >= 15 is 0 Å². The lowest BCUT2D eigenvalue weighted by Gasteiger charge is -2.18. The van der Waals surface area contributed by atoms with Gasteiger partial charge in [0.15, 0.2) is 6.10 Å². The van der Waals surface area contributed by atoms with Crippen molar-refractivity contribution < 1.29 is 28.6 Å². The second-order valence-corrected chi connectivity index (χ2v) is 22.7. The Morgan fingerprint density at radius 1 is 0.259 bits per heavy atom. The first-order chi connectivity index (χ1) is 40.0. The molecule has 1 unspecified atom stereocenters. The monoisotopic (exact) mass is 1120 g/mol. The molecule has 0 aromatic rings. The smallest absolute Gasteiger partial charge is 0.306 e. The summed E-state index contributed by atoms with van der Waals surface area (Å²) in [6.45, 7) is 6.53. The lowest BCUT2D eigenvalue weighted by molar-refractivity contribution is -0.167. The predicted molar refractivity (Wildman–Crippen MR) is 353 cm³/mol. The Bertz CT molecular complexity index is 1620. The molecule has 6 heteroatoms. The van der Waals surface area contributed by atoms with Crippen molar-refractivity contribution in [3.8, 4) is 0 Å². The maximum atomic E-state index is 12.9. The second kappa shape index (κ2) is 68.6. The Balaban J connectivity index is 4.25. The van der Waals surface area contributed by atoms with Crippen LogP contribution in [0.1, 0.15) is 329 Å². The van der Waals surface area contributed by atoms with Crippen LogP contribution in [0.4, 0.5) is 0 Å². The number of carbonyl (C=O) groups excluding carboxylic acids is 3. The lowest BCUT2D eigenvalue weighted by Crippen LogP contribution is -2.30. The standard InChI is InChI=1S/C75H128O6/c1-4-7-10-13-16-19-22-24-26-28-30-32-33-34-35-36-37-38-39-40-41-42-43-44-46-47-49-51-53-56-59-62-65-68-74(77)80-71-72(70-79-73(76)67-64-61-58-55-21-18-15-12-9-6-3)81-75(78)69-66-63-60-57-54-52-50-48-45-31-29-27-25-23-20-17-14-11-8-5-2/h7,10,16,19,24,26,30,32,34-35,37-38,40-41,43-44,47,49,72H,4-6,8-9,11-15,17-18,20-23,25,27-29,31,33,36,39,42,45-46,48,50-71H2,1-3H3/b10-7-,19-16-,26-24-,32-30-,35-34-,38-37-,41-40-,44-43-,49-47-. The summed E-state index contributed by atoms with van der Waals surface area (Å²) in [7, 11) is 0. The van der Waals surface area contributed by atoms with Crippen LogP contribution >= 0.6 is 0 Å². The summed E-state index contributed by atoms with van der Waals surface area (Å²) in [5, 5.41) is 0. The number of carbonyl (C=O) groups is 3. The third-order valence-electron chi connectivity index (χ3n) is 14.8. The maximum absolute atomic E-state index is 12.9. The lowest BCUT2D eigenvalue weighted by atomic mass is 10.0. The Morgan fingerprint density at radius 3 is 0.753 bits per heavy atom. The molecule has 464 valence electrons. The highest BCUT2D eigenvalue weighted by Crippen LogP contribution is 2.17. The number of allylic oxidation sites excluding steroid dienone is 18. The van der Waals surface area contributed by atoms with Crippen LogP contribution in [0.5, 0.6) is 0 Å². The average molecular weight is 1130 g/mol. The van der Waals surface area contributed by atoms with E-state index in [9.17, 15) is 14.4 Å². The van der Waals surface area contributed by atoms with E-state index in [1.165, 1.54) is 154 Å². The molecule has 1 atom stereocenters. The minimum atomic E-state index is -0.784. The fourth-order valence-electron chi connectivity index (χ4n) is 9.67. The number of esters is 3. The second-order valence-electron chi connectivity index (χ2n) is 22.7. The Hall–Kier alpha value is -3.93. The van der Waals surface area contributed by atoms with Gasteiger partial charge in [-0.1, -0.05) is 329 Å². The zero-order valence-electron chi connectivity index (χ0n) is 53.3. The van der Waals surface area contributed by atoms with Gasteiger partial charge in [-0.2, -0.15) is 0 Å². The van der Waals surface area contributed by atoms with E-state index in [2.05, 4.69) is 130 Å². The van der Waals surface area contributed by atoms with Gasteiger partial charge in [-0.05, 0) is 89.9 Å². The molecule has 0 amide bonds. The zero-order chi connectivity index (χ0) is 58.5. The molecule has 0 radical (unpaired) electrons. The number of rotatable bonds is 62. The van der Waals surface area contributed by atoms with Crippen molar-refractivity contribution in [2.24, 2.45) is 0 Å². The van der Waals surface area contributed by atoms with Crippen molar-refractivity contribution >= 4 is 17.9 Å². The van der Waals surface area contributed by atoms with Gasteiger partial charge in [0.1, 0.15) is 13.2 Å². The summed E-state index contributed by atoms with van der Waals surface area (Å²) < 4.78 is 16.9. The van der Waals surface area contributed by atoms with E-state index in [-0.39, 0.29) is 31.1 Å². The molecule has 0 saturated carbocycles. The number of ether oxygens (including phenoxy) is 3. The largest absolute Gasteiger partial charge is 0.462 e. The van der Waals surface area contributed by atoms with Crippen LogP contribution in [-0.2, 0) is 28.6 Å². The third kappa shape index (κ3) is 66.8. The number of hydrogen-bond acceptors (Lipinski definition) is 6. The van der Waals surface area contributed by atoms with Crippen molar-refractivity contribution in [1.82, 2.24) is 0 Å². The van der Waals surface area contributed by atoms with Crippen LogP contribution in [0.3, 0.4) is 0 Å². The van der Waals surface area contributed by atoms with Crippen molar-refractivity contribution in [2.75, 3.05) is 13.2 Å². The van der Waals surface area contributed by atoms with Crippen molar-refractivity contribution in [3.63, 3.8) is 0 Å². The van der Waals surface area contributed by atoms with Gasteiger partial charge in [0, 0.05) is 19.3 Å². The molecule has 0 fully saturated rings. The summed E-state index contributed by atoms with van der Waals surface area (Å²) in [6.07, 6.45) is 94.0. The molecule has 81 heavy (non-hydrogen) atoms. The highest BCUT2D eigenvalue weighted by molar-refractivity contribution is 5.71. The van der Waals surface area contributed by atoms with Gasteiger partial charge >= 0.3 is 17.9 Å². The van der Waals surface area contributed by atoms with E-state index < -0.39 is 6.10 Å². The van der Waals surface area contributed by atoms with Crippen LogP contribution < -0.4 is 0 Å². The fourth-order valence-corrected chi connectivity index (χ4v) is 9.67. The molecule has 0 aliphatic carbocycles. The predicted octanol–water partition coefficient (Wildman–Crippen LogP) is 23.8. The number of hydrogen-bond donors (Lipinski definition) is 0. The molecule has 0 spiro atoms. The molecule has 0 saturated heterocycles. The molecule has 0 aromatic carbocycles. The highest BCUT2D eigenvalue weighted by atomic mass is 16.6. The van der Waals surface area contributed by atoms with Crippen molar-refractivity contribution in [3.05, 3.63) is 109 Å². The summed E-state index contributed by atoms with van der Waals surface area (Å²) >= 11 is 0. The molecule has 0 aliphatic rings. The minimum absolute atomic E-state index is 0.0801. The van der Waals surface area contributed by atoms with Crippen molar-refractivity contribution in [2.45, 2.75) is 335 Å². The van der Waals surface area contributed by atoms with E-state index in [4.69, 9.17) is 14.2 Å². The maximum Gasteiger partial charge on any atom is 0.306 e. The molecular weight excluding hydrogens is 997 g/mol. The first kappa shape index (κ1) is 77.1. The fraction of sp³-hybridized carbons (Fsp3) is 0.720. The van der Waals surface area contributed by atoms with Crippen molar-refractivity contribution in [1.29, 1.82) is 0 Å². The number of unbranched alkanes of at least 4 members (excludes halogenated alkanes) is 33. The SMILES string of the molecule is CC/C=C\C/C=C\C/C=C\C/C=C\C/C=C\C/C=C\C/C=C\C/C=C\C/C=C\CCCCCCCC(=O)OCC(COC(=O)CCCCCCCCCCCC)OC(=O)CCCCCCCCCCCCCCCCCCCCCC. The molecule has 0 aromatic heterocycles. The van der Waals surface area contributed by atoms with Gasteiger partial charge in [0.25, 0.3) is 0 Å². The van der Waals surface area contributed by atoms with E-state index in [0.717, 1.165) is 135 Å². The van der Waals surface area contributed by atoms with E-state index in [0.29, 0.717) is 19.3 Å². The molecule has 0 rings (SSSR count). The Morgan fingerprint density at radius 2 is 0.481 bits per heavy atom. The first-order valence-electron chi connectivity index (χ1n) is 34.4. The van der Waals surface area contributed by atoms with Gasteiger partial charge in [-0.25, -0.2) is 0 Å². The molecule has 6 nitrogen and oxygen atoms in total. The summed E-state index contributed by atoms with van der Waals surface area (Å²) in [5.41, 5.74) is 0. The molecule has 0 aliphatic heterocycles. The van der Waals surface area contributed by atoms with Crippen LogP contribution in [0.2, 0.25) is 0 Å². The summed E-state index contributed by atoms with van der Waals surface area (Å²) in [5.74, 6) is -0.888. The molecule has 0 bridgehead atoms. The van der Waals surface area contributed by atoms with Crippen LogP contribution in [0, 0.1) is 0 Å².